The van der Waals surface area contributed by atoms with Crippen molar-refractivity contribution in [1.29, 1.82) is 0 Å². The van der Waals surface area contributed by atoms with E-state index in [-0.39, 0.29) is 53.4 Å². The first kappa shape index (κ1) is 33.5. The number of nitrogens with one attached hydrogen (secondary N) is 1. The van der Waals surface area contributed by atoms with Crippen LogP contribution in [0.2, 0.25) is 5.02 Å². The number of halogens is 1. The van der Waals surface area contributed by atoms with Crippen molar-refractivity contribution in [2.45, 2.75) is 42.2 Å². The molecule has 0 bridgehead atoms. The van der Waals surface area contributed by atoms with Crippen LogP contribution in [0.5, 0.6) is 11.5 Å². The number of amides is 1. The van der Waals surface area contributed by atoms with Crippen molar-refractivity contribution in [3.63, 3.8) is 0 Å². The van der Waals surface area contributed by atoms with Crippen LogP contribution in [0.4, 0.5) is 5.69 Å². The zero-order valence-corrected chi connectivity index (χ0v) is 27.2. The number of methoxy groups -OCH3 is 1. The largest absolute Gasteiger partial charge is 0.497 e. The number of fused-ring (bicyclic) bond motifs is 1. The summed E-state index contributed by atoms with van der Waals surface area (Å²) in [5.74, 6) is 0.184. The first-order valence-corrected chi connectivity index (χ1v) is 17.1. The Morgan fingerprint density at radius 3 is 2.32 bits per heavy atom. The fraction of sp³-hybridized carbons (Fsp3) is 0.367. The fourth-order valence-electron chi connectivity index (χ4n) is 4.82. The van der Waals surface area contributed by atoms with Gasteiger partial charge in [-0.15, -0.1) is 0 Å². The Balaban J connectivity index is 1.67. The SMILES string of the molecule is COc1ccc(S(=O)(=O)Nc2ccc3c(c2)CC(=O)N([C@@H](C)CO)C[C@@H](C)[C@@H](CN(C)S(=O)(=O)c2ccc(Cl)cc2)O3)cc1. The Morgan fingerprint density at radius 1 is 1.07 bits per heavy atom. The Morgan fingerprint density at radius 2 is 1.70 bits per heavy atom. The van der Waals surface area contributed by atoms with Crippen molar-refractivity contribution in [1.82, 2.24) is 9.21 Å². The number of hydrogen-bond acceptors (Lipinski definition) is 8. The molecule has 1 amide bonds. The topological polar surface area (TPSA) is 143 Å². The summed E-state index contributed by atoms with van der Waals surface area (Å²) >= 11 is 5.94. The number of anilines is 1. The molecule has 0 saturated carbocycles. The molecule has 0 saturated heterocycles. The summed E-state index contributed by atoms with van der Waals surface area (Å²) in [4.78, 5) is 15.1. The molecule has 0 fully saturated rings. The number of benzene rings is 3. The molecule has 0 spiro atoms. The molecular formula is C30H36ClN3O8S2. The number of sulfonamides is 2. The molecule has 44 heavy (non-hydrogen) atoms. The lowest BCUT2D eigenvalue weighted by molar-refractivity contribution is -0.134. The van der Waals surface area contributed by atoms with Gasteiger partial charge in [0.25, 0.3) is 10.0 Å². The summed E-state index contributed by atoms with van der Waals surface area (Å²) in [6, 6.07) is 15.8. The second-order valence-corrected chi connectivity index (χ2v) is 14.9. The third kappa shape index (κ3) is 7.64. The standard InChI is InChI=1S/C30H36ClN3O8S2/c1-20-17-34(21(2)19-35)30(36)16-22-15-24(32-43(37,38)26-12-8-25(41-4)9-13-26)7-14-28(22)42-29(20)18-33(3)44(39,40)27-10-5-23(31)6-11-27/h5-15,20-21,29,32,35H,16-19H2,1-4H3/t20-,21+,29-/m1/s1. The number of rotatable bonds is 10. The number of ether oxygens (including phenoxy) is 2. The predicted molar refractivity (Wildman–Crippen MR) is 167 cm³/mol. The third-order valence-electron chi connectivity index (χ3n) is 7.50. The summed E-state index contributed by atoms with van der Waals surface area (Å²) in [6.45, 7) is 3.44. The number of likely N-dealkylation sites (N-methyl/N-ethyl adjacent to an activating group) is 1. The molecule has 4 rings (SSSR count). The van der Waals surface area contributed by atoms with Gasteiger partial charge in [-0.05, 0) is 73.7 Å². The van der Waals surface area contributed by atoms with E-state index in [1.165, 1.54) is 84.0 Å². The average Bonchev–Trinajstić information content (AvgIpc) is 3.04. The van der Waals surface area contributed by atoms with Crippen LogP contribution in [-0.4, -0.2) is 83.1 Å². The van der Waals surface area contributed by atoms with Crippen molar-refractivity contribution in [3.8, 4) is 11.5 Å². The summed E-state index contributed by atoms with van der Waals surface area (Å²) in [5, 5.41) is 10.3. The fourth-order valence-corrected chi connectivity index (χ4v) is 7.18. The molecule has 1 aliphatic rings. The van der Waals surface area contributed by atoms with E-state index in [1.807, 2.05) is 6.92 Å². The highest BCUT2D eigenvalue weighted by Crippen LogP contribution is 2.31. The Bertz CT molecular complexity index is 1680. The molecule has 1 heterocycles. The number of nitrogens with zero attached hydrogens (tertiary/aromatic N) is 2. The van der Waals surface area contributed by atoms with Crippen LogP contribution in [0.15, 0.2) is 76.5 Å². The van der Waals surface area contributed by atoms with Crippen LogP contribution in [-0.2, 0) is 31.3 Å². The highest BCUT2D eigenvalue weighted by molar-refractivity contribution is 7.92. The summed E-state index contributed by atoms with van der Waals surface area (Å²) < 4.78 is 68.1. The van der Waals surface area contributed by atoms with Crippen LogP contribution >= 0.6 is 11.6 Å². The van der Waals surface area contributed by atoms with E-state index < -0.39 is 32.2 Å². The van der Waals surface area contributed by atoms with Gasteiger partial charge in [0, 0.05) is 35.8 Å². The van der Waals surface area contributed by atoms with Crippen LogP contribution in [0.3, 0.4) is 0 Å². The van der Waals surface area contributed by atoms with Crippen LogP contribution in [0.25, 0.3) is 0 Å². The lowest BCUT2D eigenvalue weighted by atomic mass is 10.0. The van der Waals surface area contributed by atoms with E-state index in [0.29, 0.717) is 22.1 Å². The lowest BCUT2D eigenvalue weighted by Crippen LogP contribution is -2.48. The van der Waals surface area contributed by atoms with Crippen molar-refractivity contribution >= 4 is 43.2 Å². The molecule has 2 N–H and O–H groups in total. The smallest absolute Gasteiger partial charge is 0.261 e. The van der Waals surface area contributed by atoms with Crippen molar-refractivity contribution in [2.75, 3.05) is 38.6 Å². The molecule has 3 atom stereocenters. The molecule has 0 aliphatic carbocycles. The van der Waals surface area contributed by atoms with Gasteiger partial charge in [-0.3, -0.25) is 9.52 Å². The maximum atomic E-state index is 13.5. The highest BCUT2D eigenvalue weighted by atomic mass is 35.5. The third-order valence-corrected chi connectivity index (χ3v) is 11.0. The van der Waals surface area contributed by atoms with Gasteiger partial charge in [0.15, 0.2) is 0 Å². The van der Waals surface area contributed by atoms with Gasteiger partial charge in [0.2, 0.25) is 15.9 Å². The maximum Gasteiger partial charge on any atom is 0.261 e. The molecule has 0 aromatic heterocycles. The van der Waals surface area contributed by atoms with Gasteiger partial charge in [-0.1, -0.05) is 18.5 Å². The van der Waals surface area contributed by atoms with E-state index in [0.717, 1.165) is 0 Å². The van der Waals surface area contributed by atoms with Crippen molar-refractivity contribution < 1.29 is 36.2 Å². The molecule has 14 heteroatoms. The minimum Gasteiger partial charge on any atom is -0.497 e. The average molecular weight is 666 g/mol. The minimum absolute atomic E-state index is 0.0240. The van der Waals surface area contributed by atoms with Gasteiger partial charge >= 0.3 is 0 Å². The lowest BCUT2D eigenvalue weighted by Gasteiger charge is -2.33. The van der Waals surface area contributed by atoms with Gasteiger partial charge in [-0.2, -0.15) is 4.31 Å². The van der Waals surface area contributed by atoms with Crippen LogP contribution in [0, 0.1) is 5.92 Å². The predicted octanol–water partition coefficient (Wildman–Crippen LogP) is 3.62. The van der Waals surface area contributed by atoms with Gasteiger partial charge in [0.05, 0.1) is 42.5 Å². The van der Waals surface area contributed by atoms with E-state index >= 15 is 0 Å². The van der Waals surface area contributed by atoms with E-state index in [9.17, 15) is 26.7 Å². The van der Waals surface area contributed by atoms with E-state index in [4.69, 9.17) is 21.1 Å². The van der Waals surface area contributed by atoms with Crippen molar-refractivity contribution in [3.05, 3.63) is 77.3 Å². The second-order valence-electron chi connectivity index (χ2n) is 10.7. The molecular weight excluding hydrogens is 630 g/mol. The number of hydrogen-bond donors (Lipinski definition) is 2. The number of carbonyl (C=O) groups is 1. The second kappa shape index (κ2) is 13.7. The molecule has 11 nitrogen and oxygen atoms in total. The first-order valence-electron chi connectivity index (χ1n) is 13.8. The molecule has 3 aromatic rings. The molecule has 1 aliphatic heterocycles. The van der Waals surface area contributed by atoms with E-state index in [1.54, 1.807) is 13.0 Å². The normalized spacial score (nSPS) is 18.4. The maximum absolute atomic E-state index is 13.5. The number of aliphatic hydroxyl groups excluding tert-OH is 1. The Kier molecular flexibility index (Phi) is 10.5. The van der Waals surface area contributed by atoms with Gasteiger partial charge in [0.1, 0.15) is 17.6 Å². The first-order chi connectivity index (χ1) is 20.7. The molecule has 3 aromatic carbocycles. The summed E-state index contributed by atoms with van der Waals surface area (Å²) in [5.41, 5.74) is 0.617. The van der Waals surface area contributed by atoms with Gasteiger partial charge < -0.3 is 19.5 Å². The Labute approximate surface area is 263 Å². The number of carbonyl (C=O) groups excluding carboxylic acids is 1. The summed E-state index contributed by atoms with van der Waals surface area (Å²) in [6.07, 6.45) is -0.835. The van der Waals surface area contributed by atoms with Crippen LogP contribution < -0.4 is 14.2 Å². The monoisotopic (exact) mass is 665 g/mol. The van der Waals surface area contributed by atoms with Crippen molar-refractivity contribution in [2.24, 2.45) is 5.92 Å². The highest BCUT2D eigenvalue weighted by Gasteiger charge is 2.33. The molecule has 0 radical (unpaired) electrons. The summed E-state index contributed by atoms with van der Waals surface area (Å²) in [7, 11) is -4.94. The number of aliphatic hydroxyl groups is 1. The van der Waals surface area contributed by atoms with Gasteiger partial charge in [-0.25, -0.2) is 16.8 Å². The molecule has 238 valence electrons. The zero-order chi connectivity index (χ0) is 32.2. The van der Waals surface area contributed by atoms with E-state index in [2.05, 4.69) is 4.72 Å². The minimum atomic E-state index is -3.97. The zero-order valence-electron chi connectivity index (χ0n) is 24.8. The molecule has 0 unspecified atom stereocenters. The quantitative estimate of drug-likeness (QED) is 0.335. The van der Waals surface area contributed by atoms with Crippen LogP contribution in [0.1, 0.15) is 19.4 Å². The Hall–Kier alpha value is -3.36.